The van der Waals surface area contributed by atoms with Crippen LogP contribution >= 0.6 is 15.9 Å². The van der Waals surface area contributed by atoms with Gasteiger partial charge in [-0.1, -0.05) is 0 Å². The first-order valence-electron chi connectivity index (χ1n) is 5.05. The van der Waals surface area contributed by atoms with Crippen LogP contribution in [0, 0.1) is 0 Å². The van der Waals surface area contributed by atoms with Gasteiger partial charge in [-0.25, -0.2) is 4.98 Å². The Balaban J connectivity index is 2.10. The lowest BCUT2D eigenvalue weighted by Crippen LogP contribution is -2.13. The lowest BCUT2D eigenvalue weighted by molar-refractivity contribution is -0.141. The van der Waals surface area contributed by atoms with Crippen molar-refractivity contribution in [3.63, 3.8) is 0 Å². The van der Waals surface area contributed by atoms with E-state index in [9.17, 15) is 18.0 Å². The van der Waals surface area contributed by atoms with E-state index in [1.54, 1.807) is 12.3 Å². The molecule has 1 amide bonds. The highest BCUT2D eigenvalue weighted by molar-refractivity contribution is 9.10. The molecule has 0 aliphatic heterocycles. The van der Waals surface area contributed by atoms with Crippen molar-refractivity contribution in [2.45, 2.75) is 6.18 Å². The van der Waals surface area contributed by atoms with E-state index >= 15 is 0 Å². The highest BCUT2D eigenvalue weighted by atomic mass is 79.9. The number of nitrogens with zero attached hydrogens (tertiary/aromatic N) is 1. The topological polar surface area (TPSA) is 57.8 Å². The van der Waals surface area contributed by atoms with Crippen molar-refractivity contribution in [2.24, 2.45) is 0 Å². The first-order chi connectivity index (χ1) is 8.86. The van der Waals surface area contributed by atoms with Crippen molar-refractivity contribution in [3.05, 3.63) is 46.5 Å². The standard InChI is InChI=1S/C11H7BrF3N3O/c12-6-3-8(16-4-6)10(19)18-7-1-2-9(17-5-7)11(13,14)15/h1-5,16H,(H,18,19). The molecule has 2 aromatic heterocycles. The van der Waals surface area contributed by atoms with E-state index in [1.165, 1.54) is 0 Å². The Morgan fingerprint density at radius 2 is 2.11 bits per heavy atom. The Hall–Kier alpha value is -1.83. The summed E-state index contributed by atoms with van der Waals surface area (Å²) in [5, 5.41) is 2.43. The normalized spacial score (nSPS) is 11.4. The van der Waals surface area contributed by atoms with Crippen molar-refractivity contribution in [2.75, 3.05) is 5.32 Å². The average molecular weight is 334 g/mol. The van der Waals surface area contributed by atoms with Gasteiger partial charge in [0.1, 0.15) is 11.4 Å². The fourth-order valence-electron chi connectivity index (χ4n) is 1.33. The van der Waals surface area contributed by atoms with Crippen LogP contribution in [0.3, 0.4) is 0 Å². The smallest absolute Gasteiger partial charge is 0.356 e. The van der Waals surface area contributed by atoms with Gasteiger partial charge in [0.25, 0.3) is 5.91 Å². The zero-order chi connectivity index (χ0) is 14.0. The number of aromatic nitrogens is 2. The van der Waals surface area contributed by atoms with Crippen LogP contribution in [-0.4, -0.2) is 15.9 Å². The van der Waals surface area contributed by atoms with Gasteiger partial charge in [0.15, 0.2) is 0 Å². The SMILES string of the molecule is O=C(Nc1ccc(C(F)(F)F)nc1)c1cc(Br)c[nH]1. The predicted octanol–water partition coefficient (Wildman–Crippen LogP) is 3.44. The number of nitrogens with one attached hydrogen (secondary N) is 2. The lowest BCUT2D eigenvalue weighted by Gasteiger charge is -2.07. The summed E-state index contributed by atoms with van der Waals surface area (Å²) in [4.78, 5) is 17.6. The number of anilines is 1. The maximum absolute atomic E-state index is 12.3. The summed E-state index contributed by atoms with van der Waals surface area (Å²) in [6.45, 7) is 0. The largest absolute Gasteiger partial charge is 0.433 e. The molecule has 100 valence electrons. The number of amides is 1. The number of carbonyl (C=O) groups is 1. The van der Waals surface area contributed by atoms with Crippen LogP contribution in [0.4, 0.5) is 18.9 Å². The molecule has 0 aliphatic rings. The Morgan fingerprint density at radius 3 is 2.58 bits per heavy atom. The molecule has 0 saturated carbocycles. The Bertz CT molecular complexity index is 592. The van der Waals surface area contributed by atoms with Gasteiger partial charge in [-0.15, -0.1) is 0 Å². The summed E-state index contributed by atoms with van der Waals surface area (Å²) in [6, 6.07) is 3.50. The van der Waals surface area contributed by atoms with Crippen LogP contribution in [0.15, 0.2) is 35.1 Å². The van der Waals surface area contributed by atoms with Gasteiger partial charge in [-0.3, -0.25) is 4.79 Å². The van der Waals surface area contributed by atoms with Crippen LogP contribution in [0.1, 0.15) is 16.2 Å². The minimum absolute atomic E-state index is 0.184. The fourth-order valence-corrected chi connectivity index (χ4v) is 1.68. The maximum Gasteiger partial charge on any atom is 0.433 e. The zero-order valence-corrected chi connectivity index (χ0v) is 10.8. The number of aromatic amines is 1. The summed E-state index contributed by atoms with van der Waals surface area (Å²) in [5.41, 5.74) is -0.538. The summed E-state index contributed by atoms with van der Waals surface area (Å²) < 4.78 is 37.6. The number of halogens is 4. The van der Waals surface area contributed by atoms with Crippen molar-refractivity contribution < 1.29 is 18.0 Å². The van der Waals surface area contributed by atoms with Crippen LogP contribution in [0.5, 0.6) is 0 Å². The molecule has 0 radical (unpaired) electrons. The summed E-state index contributed by atoms with van der Waals surface area (Å²) in [7, 11) is 0. The number of rotatable bonds is 2. The molecule has 2 rings (SSSR count). The minimum atomic E-state index is -4.49. The molecule has 0 bridgehead atoms. The van der Waals surface area contributed by atoms with E-state index in [-0.39, 0.29) is 11.4 Å². The second kappa shape index (κ2) is 5.04. The summed E-state index contributed by atoms with van der Waals surface area (Å²) in [5.74, 6) is -0.466. The van der Waals surface area contributed by atoms with Gasteiger partial charge in [-0.05, 0) is 34.1 Å². The molecule has 8 heteroatoms. The second-order valence-corrected chi connectivity index (χ2v) is 4.53. The van der Waals surface area contributed by atoms with Gasteiger partial charge < -0.3 is 10.3 Å². The molecule has 0 atom stereocenters. The van der Waals surface area contributed by atoms with E-state index in [4.69, 9.17) is 0 Å². The molecule has 19 heavy (non-hydrogen) atoms. The Kier molecular flexibility index (Phi) is 3.61. The van der Waals surface area contributed by atoms with Gasteiger partial charge in [-0.2, -0.15) is 13.2 Å². The molecule has 2 N–H and O–H groups in total. The molecule has 0 aromatic carbocycles. The molecular weight excluding hydrogens is 327 g/mol. The van der Waals surface area contributed by atoms with E-state index in [0.717, 1.165) is 18.3 Å². The number of H-pyrrole nitrogens is 1. The van der Waals surface area contributed by atoms with Crippen LogP contribution in [0.2, 0.25) is 0 Å². The molecule has 0 saturated heterocycles. The Labute approximate surface area is 114 Å². The first-order valence-corrected chi connectivity index (χ1v) is 5.84. The zero-order valence-electron chi connectivity index (χ0n) is 9.25. The third kappa shape index (κ3) is 3.34. The Morgan fingerprint density at radius 1 is 1.37 bits per heavy atom. The van der Waals surface area contributed by atoms with Gasteiger partial charge >= 0.3 is 6.18 Å². The van der Waals surface area contributed by atoms with Crippen LogP contribution in [-0.2, 0) is 6.18 Å². The number of pyridine rings is 1. The van der Waals surface area contributed by atoms with Crippen molar-refractivity contribution in [3.8, 4) is 0 Å². The van der Waals surface area contributed by atoms with Gasteiger partial charge in [0.05, 0.1) is 11.9 Å². The third-order valence-electron chi connectivity index (χ3n) is 2.20. The molecule has 4 nitrogen and oxygen atoms in total. The van der Waals surface area contributed by atoms with Crippen molar-refractivity contribution in [1.29, 1.82) is 0 Å². The third-order valence-corrected chi connectivity index (χ3v) is 2.66. The number of hydrogen-bond donors (Lipinski definition) is 2. The first kappa shape index (κ1) is 13.6. The molecule has 0 fully saturated rings. The molecule has 2 aromatic rings. The summed E-state index contributed by atoms with van der Waals surface area (Å²) in [6.07, 6.45) is -1.97. The fraction of sp³-hybridized carbons (Fsp3) is 0.0909. The number of carbonyl (C=O) groups excluding carboxylic acids is 1. The highest BCUT2D eigenvalue weighted by Gasteiger charge is 2.32. The molecule has 0 aliphatic carbocycles. The van der Waals surface area contributed by atoms with Crippen LogP contribution < -0.4 is 5.32 Å². The minimum Gasteiger partial charge on any atom is -0.356 e. The van der Waals surface area contributed by atoms with E-state index in [2.05, 4.69) is 31.2 Å². The van der Waals surface area contributed by atoms with Crippen LogP contribution in [0.25, 0.3) is 0 Å². The monoisotopic (exact) mass is 333 g/mol. The molecular formula is C11H7BrF3N3O. The number of hydrogen-bond acceptors (Lipinski definition) is 2. The van der Waals surface area contributed by atoms with E-state index in [0.29, 0.717) is 4.47 Å². The lowest BCUT2D eigenvalue weighted by atomic mass is 10.3. The van der Waals surface area contributed by atoms with E-state index < -0.39 is 17.8 Å². The average Bonchev–Trinajstić information content (AvgIpc) is 2.75. The quantitative estimate of drug-likeness (QED) is 0.884. The van der Waals surface area contributed by atoms with Crippen molar-refractivity contribution >= 4 is 27.5 Å². The maximum atomic E-state index is 12.3. The number of alkyl halides is 3. The van der Waals surface area contributed by atoms with Gasteiger partial charge in [0, 0.05) is 10.7 Å². The van der Waals surface area contributed by atoms with Gasteiger partial charge in [0.2, 0.25) is 0 Å². The summed E-state index contributed by atoms with van der Waals surface area (Å²) >= 11 is 3.17. The molecule has 0 unspecified atom stereocenters. The molecule has 2 heterocycles. The predicted molar refractivity (Wildman–Crippen MR) is 65.7 cm³/mol. The highest BCUT2D eigenvalue weighted by Crippen LogP contribution is 2.27. The second-order valence-electron chi connectivity index (χ2n) is 3.62. The van der Waals surface area contributed by atoms with Crippen molar-refractivity contribution in [1.82, 2.24) is 9.97 Å². The van der Waals surface area contributed by atoms with E-state index in [1.807, 2.05) is 0 Å². The molecule has 0 spiro atoms.